The number of aromatic nitrogens is 5. The number of rotatable bonds is 4. The molecule has 84 valence electrons. The van der Waals surface area contributed by atoms with Crippen molar-refractivity contribution in [2.45, 2.75) is 19.9 Å². The Hall–Kier alpha value is -1.83. The molecule has 8 heteroatoms. The van der Waals surface area contributed by atoms with E-state index in [4.69, 9.17) is 5.11 Å². The average molecular weight is 239 g/mol. The van der Waals surface area contributed by atoms with Gasteiger partial charge in [0.05, 0.1) is 18.0 Å². The molecule has 0 saturated carbocycles. The zero-order valence-electron chi connectivity index (χ0n) is 8.49. The summed E-state index contributed by atoms with van der Waals surface area (Å²) >= 11 is 1.50. The number of carbonyl (C=O) groups is 1. The smallest absolute Gasteiger partial charge is 0.305 e. The lowest BCUT2D eigenvalue weighted by atomic mass is 10.4. The number of nitrogens with zero attached hydrogens (tertiary/aromatic N) is 5. The van der Waals surface area contributed by atoms with Crippen LogP contribution in [0.15, 0.2) is 5.38 Å². The molecule has 2 rings (SSSR count). The Bertz CT molecular complexity index is 506. The number of carboxylic acid groups (broad SMARTS) is 1. The molecule has 0 bridgehead atoms. The lowest BCUT2D eigenvalue weighted by molar-refractivity contribution is -0.137. The van der Waals surface area contributed by atoms with E-state index in [1.54, 1.807) is 0 Å². The number of hydrogen-bond acceptors (Lipinski definition) is 6. The van der Waals surface area contributed by atoms with E-state index < -0.39 is 5.97 Å². The van der Waals surface area contributed by atoms with Gasteiger partial charge in [0, 0.05) is 5.38 Å². The van der Waals surface area contributed by atoms with Crippen molar-refractivity contribution in [1.82, 2.24) is 25.2 Å². The quantitative estimate of drug-likeness (QED) is 0.838. The zero-order valence-corrected chi connectivity index (χ0v) is 9.31. The topological polar surface area (TPSA) is 93.8 Å². The molecule has 2 aromatic heterocycles. The Labute approximate surface area is 94.7 Å². The first-order chi connectivity index (χ1) is 7.66. The minimum Gasteiger partial charge on any atom is -0.481 e. The summed E-state index contributed by atoms with van der Waals surface area (Å²) in [4.78, 5) is 14.7. The molecule has 2 heterocycles. The second kappa shape index (κ2) is 4.35. The lowest BCUT2D eigenvalue weighted by Gasteiger charge is -1.99. The molecule has 0 amide bonds. The van der Waals surface area contributed by atoms with Gasteiger partial charge in [0.1, 0.15) is 5.69 Å². The fourth-order valence-corrected chi connectivity index (χ4v) is 1.80. The second-order valence-electron chi connectivity index (χ2n) is 3.12. The monoisotopic (exact) mass is 239 g/mol. The minimum atomic E-state index is -0.879. The van der Waals surface area contributed by atoms with Crippen LogP contribution in [0.25, 0.3) is 11.5 Å². The molecule has 2 aromatic rings. The molecule has 1 N–H and O–H groups in total. The summed E-state index contributed by atoms with van der Waals surface area (Å²) in [6.07, 6.45) is -0.0127. The van der Waals surface area contributed by atoms with E-state index in [9.17, 15) is 4.79 Å². The van der Waals surface area contributed by atoms with E-state index >= 15 is 0 Å². The van der Waals surface area contributed by atoms with Crippen LogP contribution in [0.5, 0.6) is 0 Å². The number of aliphatic carboxylic acids is 1. The number of thiazole rings is 1. The van der Waals surface area contributed by atoms with Crippen molar-refractivity contribution in [1.29, 1.82) is 0 Å². The third-order valence-electron chi connectivity index (χ3n) is 1.92. The summed E-state index contributed by atoms with van der Waals surface area (Å²) in [6, 6.07) is 0. The van der Waals surface area contributed by atoms with Crippen molar-refractivity contribution in [3.05, 3.63) is 10.4 Å². The van der Waals surface area contributed by atoms with Crippen molar-refractivity contribution < 1.29 is 9.90 Å². The van der Waals surface area contributed by atoms with Gasteiger partial charge in [-0.1, -0.05) is 0 Å². The predicted molar refractivity (Wildman–Crippen MR) is 55.9 cm³/mol. The van der Waals surface area contributed by atoms with Gasteiger partial charge >= 0.3 is 5.97 Å². The van der Waals surface area contributed by atoms with Gasteiger partial charge in [0.15, 0.2) is 0 Å². The van der Waals surface area contributed by atoms with Crippen molar-refractivity contribution in [3.63, 3.8) is 0 Å². The van der Waals surface area contributed by atoms with Gasteiger partial charge in [0.25, 0.3) is 0 Å². The summed E-state index contributed by atoms with van der Waals surface area (Å²) in [5, 5.41) is 22.4. The molecule has 0 aromatic carbocycles. The Morgan fingerprint density at radius 1 is 1.62 bits per heavy atom. The van der Waals surface area contributed by atoms with E-state index in [-0.39, 0.29) is 13.0 Å². The van der Waals surface area contributed by atoms with Gasteiger partial charge in [-0.3, -0.25) is 4.79 Å². The van der Waals surface area contributed by atoms with Crippen LogP contribution in [0.1, 0.15) is 11.4 Å². The predicted octanol–water partition coefficient (Wildman–Crippen LogP) is 0.580. The third-order valence-corrected chi connectivity index (χ3v) is 2.69. The van der Waals surface area contributed by atoms with E-state index in [1.807, 2.05) is 12.3 Å². The molecule has 0 radical (unpaired) electrons. The maximum Gasteiger partial charge on any atom is 0.305 e. The largest absolute Gasteiger partial charge is 0.481 e. The van der Waals surface area contributed by atoms with Crippen LogP contribution >= 0.6 is 11.3 Å². The van der Waals surface area contributed by atoms with Crippen LogP contribution in [0.2, 0.25) is 0 Å². The molecule has 16 heavy (non-hydrogen) atoms. The first-order valence-corrected chi connectivity index (χ1v) is 5.45. The molecule has 0 aliphatic heterocycles. The molecule has 0 fully saturated rings. The van der Waals surface area contributed by atoms with Crippen LogP contribution in [-0.4, -0.2) is 36.3 Å². The highest BCUT2D eigenvalue weighted by atomic mass is 32.1. The maximum absolute atomic E-state index is 10.5. The van der Waals surface area contributed by atoms with E-state index in [1.165, 1.54) is 16.0 Å². The zero-order chi connectivity index (χ0) is 11.5. The molecular weight excluding hydrogens is 230 g/mol. The van der Waals surface area contributed by atoms with Gasteiger partial charge in [-0.05, 0) is 17.4 Å². The summed E-state index contributed by atoms with van der Waals surface area (Å²) in [5.41, 5.74) is 0.679. The Morgan fingerprint density at radius 2 is 2.44 bits per heavy atom. The summed E-state index contributed by atoms with van der Waals surface area (Å²) < 4.78 is 1.45. The Balaban J connectivity index is 2.22. The molecule has 0 saturated heterocycles. The first-order valence-electron chi connectivity index (χ1n) is 4.57. The van der Waals surface area contributed by atoms with Crippen molar-refractivity contribution in [2.24, 2.45) is 0 Å². The molecule has 0 unspecified atom stereocenters. The van der Waals surface area contributed by atoms with Crippen LogP contribution in [0.4, 0.5) is 0 Å². The normalized spacial score (nSPS) is 10.6. The van der Waals surface area contributed by atoms with Gasteiger partial charge in [0.2, 0.25) is 5.82 Å². The standard InChI is InChI=1S/C8H9N5O2S/c1-5-9-6(4-16-5)8-10-11-12-13(8)3-2-7(14)15/h4H,2-3H2,1H3,(H,14,15). The molecular formula is C8H9N5O2S. The molecule has 0 atom stereocenters. The van der Waals surface area contributed by atoms with Gasteiger partial charge < -0.3 is 5.11 Å². The molecule has 7 nitrogen and oxygen atoms in total. The highest BCUT2D eigenvalue weighted by Crippen LogP contribution is 2.18. The third kappa shape index (κ3) is 2.22. The van der Waals surface area contributed by atoms with Crippen LogP contribution < -0.4 is 0 Å². The average Bonchev–Trinajstić information content (AvgIpc) is 2.82. The van der Waals surface area contributed by atoms with Gasteiger partial charge in [-0.15, -0.1) is 16.4 Å². The number of tetrazole rings is 1. The number of aryl methyl sites for hydroxylation is 2. The number of hydrogen-bond donors (Lipinski definition) is 1. The molecule has 0 spiro atoms. The second-order valence-corrected chi connectivity index (χ2v) is 4.18. The van der Waals surface area contributed by atoms with Crippen molar-refractivity contribution in [2.75, 3.05) is 0 Å². The van der Waals surface area contributed by atoms with Crippen LogP contribution in [-0.2, 0) is 11.3 Å². The van der Waals surface area contributed by atoms with Crippen LogP contribution in [0.3, 0.4) is 0 Å². The fourth-order valence-electron chi connectivity index (χ4n) is 1.21. The maximum atomic E-state index is 10.5. The summed E-state index contributed by atoms with van der Waals surface area (Å²) in [6.45, 7) is 2.13. The minimum absolute atomic E-state index is 0.0127. The van der Waals surface area contributed by atoms with Gasteiger partial charge in [-0.2, -0.15) is 0 Å². The van der Waals surface area contributed by atoms with E-state index in [0.29, 0.717) is 11.5 Å². The Kier molecular flexibility index (Phi) is 2.91. The summed E-state index contributed by atoms with van der Waals surface area (Å²) in [7, 11) is 0. The SMILES string of the molecule is Cc1nc(-c2nnnn2CCC(=O)O)cs1. The van der Waals surface area contributed by atoms with Crippen LogP contribution in [0, 0.1) is 6.92 Å². The Morgan fingerprint density at radius 3 is 3.06 bits per heavy atom. The highest BCUT2D eigenvalue weighted by Gasteiger charge is 2.12. The first kappa shape index (κ1) is 10.7. The fraction of sp³-hybridized carbons (Fsp3) is 0.375. The molecule has 0 aliphatic carbocycles. The van der Waals surface area contributed by atoms with Crippen molar-refractivity contribution in [3.8, 4) is 11.5 Å². The van der Waals surface area contributed by atoms with Gasteiger partial charge in [-0.25, -0.2) is 9.67 Å². The van der Waals surface area contributed by atoms with Crippen molar-refractivity contribution >= 4 is 17.3 Å². The number of carboxylic acids is 1. The summed E-state index contributed by atoms with van der Waals surface area (Å²) in [5.74, 6) is -0.374. The highest BCUT2D eigenvalue weighted by molar-refractivity contribution is 7.09. The molecule has 0 aliphatic rings. The van der Waals surface area contributed by atoms with E-state index in [0.717, 1.165) is 5.01 Å². The lowest BCUT2D eigenvalue weighted by Crippen LogP contribution is -2.07. The van der Waals surface area contributed by atoms with E-state index in [2.05, 4.69) is 20.5 Å².